The number of aryl methyl sites for hydroxylation is 2. The Morgan fingerprint density at radius 3 is 2.52 bits per heavy atom. The normalized spacial score (nSPS) is 19.3. The van der Waals surface area contributed by atoms with Crippen molar-refractivity contribution in [3.63, 3.8) is 0 Å². The first-order valence-corrected chi connectivity index (χ1v) is 10.6. The summed E-state index contributed by atoms with van der Waals surface area (Å²) in [6, 6.07) is 5.16. The van der Waals surface area contributed by atoms with Gasteiger partial charge in [0.05, 0.1) is 30.4 Å². The fraction of sp³-hybridized carbons (Fsp3) is 0.391. The highest BCUT2D eigenvalue weighted by atomic mass is 16.5. The number of methoxy groups -OCH3 is 1. The van der Waals surface area contributed by atoms with Crippen molar-refractivity contribution in [2.75, 3.05) is 25.1 Å². The van der Waals surface area contributed by atoms with E-state index in [0.717, 1.165) is 52.5 Å². The van der Waals surface area contributed by atoms with Crippen LogP contribution in [0.2, 0.25) is 0 Å². The van der Waals surface area contributed by atoms with E-state index in [0.29, 0.717) is 23.6 Å². The first-order valence-electron chi connectivity index (χ1n) is 10.6. The second kappa shape index (κ2) is 7.46. The van der Waals surface area contributed by atoms with Crippen LogP contribution in [0.15, 0.2) is 30.7 Å². The molecule has 0 aliphatic carbocycles. The van der Waals surface area contributed by atoms with E-state index in [-0.39, 0.29) is 0 Å². The Hall–Kier alpha value is -3.26. The number of piperazine rings is 1. The molecule has 0 unspecified atom stereocenters. The third-order valence-corrected chi connectivity index (χ3v) is 5.76. The van der Waals surface area contributed by atoms with Crippen LogP contribution in [-0.4, -0.2) is 56.6 Å². The molecule has 5 heterocycles. The van der Waals surface area contributed by atoms with E-state index >= 15 is 0 Å². The quantitative estimate of drug-likeness (QED) is 0.548. The van der Waals surface area contributed by atoms with Crippen LogP contribution >= 0.6 is 0 Å². The molecule has 5 rings (SSSR count). The van der Waals surface area contributed by atoms with Gasteiger partial charge < -0.3 is 19.4 Å². The van der Waals surface area contributed by atoms with Gasteiger partial charge in [-0.05, 0) is 45.4 Å². The highest BCUT2D eigenvalue weighted by Crippen LogP contribution is 2.28. The molecule has 1 aliphatic heterocycles. The third kappa shape index (κ3) is 3.57. The first-order chi connectivity index (χ1) is 14.9. The zero-order valence-corrected chi connectivity index (χ0v) is 18.5. The second-order valence-corrected chi connectivity index (χ2v) is 8.51. The van der Waals surface area contributed by atoms with Crippen molar-refractivity contribution in [2.45, 2.75) is 39.8 Å². The van der Waals surface area contributed by atoms with Crippen LogP contribution in [0.3, 0.4) is 0 Å². The van der Waals surface area contributed by atoms with Crippen LogP contribution in [0.1, 0.15) is 25.1 Å². The molecule has 0 bridgehead atoms. The third-order valence-electron chi connectivity index (χ3n) is 5.76. The van der Waals surface area contributed by atoms with Crippen LogP contribution in [0.4, 0.5) is 5.69 Å². The minimum atomic E-state index is 0.448. The lowest BCUT2D eigenvalue weighted by Gasteiger charge is -2.37. The zero-order chi connectivity index (χ0) is 21.7. The molecule has 0 amide bonds. The van der Waals surface area contributed by atoms with Crippen LogP contribution in [0.5, 0.6) is 5.88 Å². The molecule has 1 aliphatic rings. The van der Waals surface area contributed by atoms with E-state index in [1.54, 1.807) is 7.11 Å². The molecule has 0 aromatic carbocycles. The number of imidazole rings is 1. The van der Waals surface area contributed by atoms with Gasteiger partial charge in [0.15, 0.2) is 5.65 Å². The van der Waals surface area contributed by atoms with Crippen molar-refractivity contribution in [3.05, 3.63) is 42.0 Å². The zero-order valence-electron chi connectivity index (χ0n) is 18.5. The summed E-state index contributed by atoms with van der Waals surface area (Å²) in [5, 5.41) is 4.64. The predicted octanol–water partition coefficient (Wildman–Crippen LogP) is 3.15. The molecule has 0 spiro atoms. The Labute approximate surface area is 181 Å². The second-order valence-electron chi connectivity index (χ2n) is 8.51. The van der Waals surface area contributed by atoms with E-state index in [9.17, 15) is 0 Å². The van der Waals surface area contributed by atoms with Gasteiger partial charge in [0, 0.05) is 43.0 Å². The van der Waals surface area contributed by atoms with Gasteiger partial charge in [-0.3, -0.25) is 0 Å². The highest BCUT2D eigenvalue weighted by molar-refractivity contribution is 5.84. The number of ether oxygens (including phenoxy) is 1. The average molecular weight is 418 g/mol. The van der Waals surface area contributed by atoms with E-state index < -0.39 is 0 Å². The van der Waals surface area contributed by atoms with E-state index in [1.165, 1.54) is 0 Å². The van der Waals surface area contributed by atoms with Gasteiger partial charge in [0.1, 0.15) is 5.69 Å². The van der Waals surface area contributed by atoms with E-state index in [4.69, 9.17) is 14.7 Å². The van der Waals surface area contributed by atoms with Crippen LogP contribution in [-0.2, 0) is 0 Å². The van der Waals surface area contributed by atoms with Crippen molar-refractivity contribution in [3.8, 4) is 17.3 Å². The van der Waals surface area contributed by atoms with Crippen molar-refractivity contribution in [1.29, 1.82) is 0 Å². The van der Waals surface area contributed by atoms with E-state index in [2.05, 4.69) is 53.1 Å². The Kier molecular flexibility index (Phi) is 4.74. The Morgan fingerprint density at radius 1 is 1.00 bits per heavy atom. The fourth-order valence-electron chi connectivity index (χ4n) is 4.45. The molecule has 4 aromatic heterocycles. The van der Waals surface area contributed by atoms with Crippen LogP contribution in [0.25, 0.3) is 28.1 Å². The molecule has 1 saturated heterocycles. The van der Waals surface area contributed by atoms with Gasteiger partial charge in [-0.2, -0.15) is 0 Å². The minimum absolute atomic E-state index is 0.448. The number of hydrogen-bond donors (Lipinski definition) is 1. The molecular weight excluding hydrogens is 390 g/mol. The molecule has 0 saturated carbocycles. The number of nitrogens with zero attached hydrogens (tertiary/aromatic N) is 6. The number of hydrogen-bond acceptors (Lipinski definition) is 7. The molecule has 1 N–H and O–H groups in total. The molecule has 1 fully saturated rings. The maximum Gasteiger partial charge on any atom is 0.258 e. The highest BCUT2D eigenvalue weighted by Gasteiger charge is 2.22. The molecule has 0 radical (unpaired) electrons. The smallest absolute Gasteiger partial charge is 0.258 e. The predicted molar refractivity (Wildman–Crippen MR) is 122 cm³/mol. The summed E-state index contributed by atoms with van der Waals surface area (Å²) in [4.78, 5) is 21.1. The summed E-state index contributed by atoms with van der Waals surface area (Å²) in [6.07, 6.45) is 5.82. The van der Waals surface area contributed by atoms with Gasteiger partial charge in [0.25, 0.3) is 5.88 Å². The van der Waals surface area contributed by atoms with Gasteiger partial charge >= 0.3 is 0 Å². The van der Waals surface area contributed by atoms with Gasteiger partial charge in [0.2, 0.25) is 5.65 Å². The summed E-state index contributed by atoms with van der Waals surface area (Å²) in [5.74, 6) is 0.482. The SMILES string of the molecule is COc1nc(-c2cc(C)c3cc(N4C[C@H](C)N[C@@H](C)C4)cnc3n2)cn2cc(C)nc12. The van der Waals surface area contributed by atoms with Gasteiger partial charge in [-0.25, -0.2) is 19.9 Å². The Balaban J connectivity index is 1.57. The lowest BCUT2D eigenvalue weighted by molar-refractivity contribution is 0.400. The summed E-state index contributed by atoms with van der Waals surface area (Å²) in [7, 11) is 1.61. The largest absolute Gasteiger partial charge is 0.478 e. The number of fused-ring (bicyclic) bond motifs is 2. The van der Waals surface area contributed by atoms with E-state index in [1.807, 2.05) is 29.9 Å². The number of aromatic nitrogens is 5. The number of pyridine rings is 2. The Bertz CT molecular complexity index is 1270. The molecule has 4 aromatic rings. The van der Waals surface area contributed by atoms with Gasteiger partial charge in [-0.15, -0.1) is 0 Å². The van der Waals surface area contributed by atoms with Crippen molar-refractivity contribution >= 4 is 22.4 Å². The molecule has 160 valence electrons. The maximum absolute atomic E-state index is 5.47. The lowest BCUT2D eigenvalue weighted by Crippen LogP contribution is -2.54. The lowest BCUT2D eigenvalue weighted by atomic mass is 10.1. The molecular formula is C23H27N7O. The fourth-order valence-corrected chi connectivity index (χ4v) is 4.45. The van der Waals surface area contributed by atoms with Crippen molar-refractivity contribution in [2.24, 2.45) is 0 Å². The topological polar surface area (TPSA) is 80.5 Å². The first kappa shape index (κ1) is 19.7. The monoisotopic (exact) mass is 417 g/mol. The molecule has 8 nitrogen and oxygen atoms in total. The summed E-state index contributed by atoms with van der Waals surface area (Å²) in [5.41, 5.74) is 6.07. The molecule has 8 heteroatoms. The Morgan fingerprint density at radius 2 is 1.77 bits per heavy atom. The summed E-state index contributed by atoms with van der Waals surface area (Å²) < 4.78 is 7.40. The number of nitrogens with one attached hydrogen (secondary N) is 1. The maximum atomic E-state index is 5.47. The standard InChI is InChI=1S/C23H27N7O/c1-13-6-19(20-12-30-11-16(4)26-22(30)23(28-20)31-5)27-21-18(13)7-17(8-24-21)29-9-14(2)25-15(3)10-29/h6-8,11-12,14-15,25H,9-10H2,1-5H3/t14-,15-/m0/s1. The summed E-state index contributed by atoms with van der Waals surface area (Å²) in [6.45, 7) is 10.4. The van der Waals surface area contributed by atoms with Crippen molar-refractivity contribution in [1.82, 2.24) is 29.7 Å². The average Bonchev–Trinajstić information content (AvgIpc) is 3.12. The van der Waals surface area contributed by atoms with Crippen LogP contribution < -0.4 is 15.0 Å². The van der Waals surface area contributed by atoms with Crippen LogP contribution in [0, 0.1) is 13.8 Å². The minimum Gasteiger partial charge on any atom is -0.478 e. The van der Waals surface area contributed by atoms with Gasteiger partial charge in [-0.1, -0.05) is 0 Å². The molecule has 2 atom stereocenters. The molecule has 31 heavy (non-hydrogen) atoms. The number of rotatable bonds is 3. The number of anilines is 1. The van der Waals surface area contributed by atoms with Crippen molar-refractivity contribution < 1.29 is 4.74 Å². The summed E-state index contributed by atoms with van der Waals surface area (Å²) >= 11 is 0.